The van der Waals surface area contributed by atoms with Gasteiger partial charge in [-0.1, -0.05) is 50.7 Å². The number of allylic oxidation sites excluding steroid dienone is 2. The predicted octanol–water partition coefficient (Wildman–Crippen LogP) is 3.62. The highest BCUT2D eigenvalue weighted by Crippen LogP contribution is 1.95. The molecule has 0 aliphatic heterocycles. The summed E-state index contributed by atoms with van der Waals surface area (Å²) in [6, 6.07) is 0. The van der Waals surface area contributed by atoms with E-state index in [1.807, 2.05) is 12.2 Å². The second-order valence-electron chi connectivity index (χ2n) is 4.28. The van der Waals surface area contributed by atoms with E-state index in [4.69, 9.17) is 0 Å². The van der Waals surface area contributed by atoms with Crippen LogP contribution in [0.5, 0.6) is 0 Å². The zero-order valence-corrected chi connectivity index (χ0v) is 10.8. The first-order chi connectivity index (χ1) is 6.56. The van der Waals surface area contributed by atoms with Gasteiger partial charge in [-0.2, -0.15) is 0 Å². The molecule has 0 aromatic heterocycles. The predicted molar refractivity (Wildman–Crippen MR) is 67.6 cm³/mol. The largest absolute Gasteiger partial charge is 0.129 e. The second-order valence-corrected chi connectivity index (χ2v) is 9.03. The van der Waals surface area contributed by atoms with Gasteiger partial charge in [-0.25, -0.2) is 0 Å². The van der Waals surface area contributed by atoms with Crippen LogP contribution in [0.2, 0.25) is 19.6 Å². The Morgan fingerprint density at radius 2 is 1.71 bits per heavy atom. The van der Waals surface area contributed by atoms with Gasteiger partial charge in [-0.05, 0) is 18.6 Å². The Labute approximate surface area is 89.8 Å². The van der Waals surface area contributed by atoms with Crippen molar-refractivity contribution in [2.75, 3.05) is 0 Å². The second kappa shape index (κ2) is 7.48. The van der Waals surface area contributed by atoms with Crippen molar-refractivity contribution in [3.8, 4) is 23.3 Å². The van der Waals surface area contributed by atoms with Crippen molar-refractivity contribution >= 4 is 8.07 Å². The third-order valence-electron chi connectivity index (χ3n) is 1.45. The average molecular weight is 204 g/mol. The van der Waals surface area contributed by atoms with E-state index in [9.17, 15) is 0 Å². The third-order valence-corrected chi connectivity index (χ3v) is 2.35. The third kappa shape index (κ3) is 11.1. The molecular formula is C13H20Si. The number of rotatable bonds is 2. The zero-order valence-electron chi connectivity index (χ0n) is 9.78. The monoisotopic (exact) mass is 204 g/mol. The molecule has 76 valence electrons. The number of unbranched alkanes of at least 4 members (excludes halogenated alkanes) is 2. The summed E-state index contributed by atoms with van der Waals surface area (Å²) in [7, 11) is -1.20. The molecule has 0 aliphatic carbocycles. The van der Waals surface area contributed by atoms with Crippen LogP contribution in [0.4, 0.5) is 0 Å². The van der Waals surface area contributed by atoms with Gasteiger partial charge in [0.25, 0.3) is 0 Å². The SMILES string of the molecule is CCCCC#CC=CC#C[Si](C)(C)C. The van der Waals surface area contributed by atoms with E-state index in [-0.39, 0.29) is 0 Å². The van der Waals surface area contributed by atoms with Gasteiger partial charge in [-0.3, -0.25) is 0 Å². The molecule has 0 bridgehead atoms. The molecule has 0 radical (unpaired) electrons. The highest BCUT2D eigenvalue weighted by molar-refractivity contribution is 6.83. The first-order valence-corrected chi connectivity index (χ1v) is 8.72. The lowest BCUT2D eigenvalue weighted by Gasteiger charge is -2.01. The van der Waals surface area contributed by atoms with Gasteiger partial charge < -0.3 is 0 Å². The van der Waals surface area contributed by atoms with Crippen molar-refractivity contribution in [2.24, 2.45) is 0 Å². The molecule has 0 aromatic rings. The smallest absolute Gasteiger partial charge is 0.127 e. The Kier molecular flexibility index (Phi) is 6.98. The number of hydrogen-bond donors (Lipinski definition) is 0. The molecule has 0 saturated heterocycles. The molecule has 0 heterocycles. The molecule has 0 N–H and O–H groups in total. The molecule has 14 heavy (non-hydrogen) atoms. The van der Waals surface area contributed by atoms with Crippen LogP contribution < -0.4 is 0 Å². The number of hydrogen-bond acceptors (Lipinski definition) is 0. The van der Waals surface area contributed by atoms with Gasteiger partial charge in [0, 0.05) is 6.42 Å². The van der Waals surface area contributed by atoms with Gasteiger partial charge in [0.05, 0.1) is 0 Å². The quantitative estimate of drug-likeness (QED) is 0.366. The fraction of sp³-hybridized carbons (Fsp3) is 0.538. The van der Waals surface area contributed by atoms with Crippen molar-refractivity contribution in [2.45, 2.75) is 45.8 Å². The summed E-state index contributed by atoms with van der Waals surface area (Å²) in [4.78, 5) is 0. The summed E-state index contributed by atoms with van der Waals surface area (Å²) < 4.78 is 0. The lowest BCUT2D eigenvalue weighted by Crippen LogP contribution is -2.16. The van der Waals surface area contributed by atoms with E-state index < -0.39 is 8.07 Å². The summed E-state index contributed by atoms with van der Waals surface area (Å²) in [5.74, 6) is 9.12. The molecule has 0 rings (SSSR count). The fourth-order valence-corrected chi connectivity index (χ4v) is 1.25. The fourth-order valence-electron chi connectivity index (χ4n) is 0.738. The zero-order chi connectivity index (χ0) is 10.9. The van der Waals surface area contributed by atoms with Gasteiger partial charge in [0.1, 0.15) is 8.07 Å². The molecule has 0 amide bonds. The first-order valence-electron chi connectivity index (χ1n) is 5.22. The summed E-state index contributed by atoms with van der Waals surface area (Å²) in [5, 5.41) is 0. The van der Waals surface area contributed by atoms with Crippen LogP contribution in [-0.4, -0.2) is 8.07 Å². The Bertz CT molecular complexity index is 283. The molecule has 0 atom stereocenters. The van der Waals surface area contributed by atoms with Crippen molar-refractivity contribution in [3.05, 3.63) is 12.2 Å². The molecule has 1 heteroatoms. The topological polar surface area (TPSA) is 0 Å². The van der Waals surface area contributed by atoms with E-state index in [1.165, 1.54) is 12.8 Å². The van der Waals surface area contributed by atoms with E-state index in [0.717, 1.165) is 6.42 Å². The molecular weight excluding hydrogens is 184 g/mol. The molecule has 0 unspecified atom stereocenters. The van der Waals surface area contributed by atoms with Crippen LogP contribution in [0.1, 0.15) is 26.2 Å². The molecule has 0 fully saturated rings. The maximum Gasteiger partial charge on any atom is 0.129 e. The van der Waals surface area contributed by atoms with Gasteiger partial charge in [-0.15, -0.1) is 5.54 Å². The normalized spacial score (nSPS) is 10.3. The summed E-state index contributed by atoms with van der Waals surface area (Å²) in [6.45, 7) is 8.89. The molecule has 0 nitrogen and oxygen atoms in total. The maximum atomic E-state index is 3.26. The van der Waals surface area contributed by atoms with Crippen LogP contribution in [0.25, 0.3) is 0 Å². The summed E-state index contributed by atoms with van der Waals surface area (Å²) in [6.07, 6.45) is 7.12. The molecule has 0 aromatic carbocycles. The molecule has 0 aliphatic rings. The summed E-state index contributed by atoms with van der Waals surface area (Å²) >= 11 is 0. The van der Waals surface area contributed by atoms with Gasteiger partial charge >= 0.3 is 0 Å². The lowest BCUT2D eigenvalue weighted by atomic mass is 10.2. The molecule has 0 spiro atoms. The van der Waals surface area contributed by atoms with E-state index in [0.29, 0.717) is 0 Å². The standard InChI is InChI=1S/C13H20Si/c1-5-6-7-8-9-10-11-12-13-14(2,3)4/h10-11H,5-7H2,1-4H3. The Balaban J connectivity index is 3.81. The van der Waals surface area contributed by atoms with Crippen molar-refractivity contribution in [1.82, 2.24) is 0 Å². The lowest BCUT2D eigenvalue weighted by molar-refractivity contribution is 0.828. The Morgan fingerprint density at radius 1 is 1.07 bits per heavy atom. The minimum Gasteiger partial charge on any atom is -0.127 e. The summed E-state index contributed by atoms with van der Waals surface area (Å²) in [5.41, 5.74) is 3.26. The van der Waals surface area contributed by atoms with Crippen molar-refractivity contribution in [3.63, 3.8) is 0 Å². The maximum absolute atomic E-state index is 3.26. The van der Waals surface area contributed by atoms with Gasteiger partial charge in [0.15, 0.2) is 0 Å². The minimum absolute atomic E-state index is 1.00. The van der Waals surface area contributed by atoms with Crippen molar-refractivity contribution in [1.29, 1.82) is 0 Å². The van der Waals surface area contributed by atoms with Crippen LogP contribution in [0.15, 0.2) is 12.2 Å². The van der Waals surface area contributed by atoms with Crippen LogP contribution in [-0.2, 0) is 0 Å². The Hall–Kier alpha value is -0.923. The minimum atomic E-state index is -1.20. The van der Waals surface area contributed by atoms with Crippen LogP contribution in [0.3, 0.4) is 0 Å². The van der Waals surface area contributed by atoms with Gasteiger partial charge in [0.2, 0.25) is 0 Å². The average Bonchev–Trinajstić information content (AvgIpc) is 2.08. The van der Waals surface area contributed by atoms with E-state index >= 15 is 0 Å². The first kappa shape index (κ1) is 13.1. The van der Waals surface area contributed by atoms with Crippen LogP contribution >= 0.6 is 0 Å². The van der Waals surface area contributed by atoms with E-state index in [1.54, 1.807) is 0 Å². The molecule has 0 saturated carbocycles. The van der Waals surface area contributed by atoms with Crippen molar-refractivity contribution < 1.29 is 0 Å². The Morgan fingerprint density at radius 3 is 2.29 bits per heavy atom. The highest BCUT2D eigenvalue weighted by atomic mass is 28.3. The highest BCUT2D eigenvalue weighted by Gasteiger charge is 2.06. The van der Waals surface area contributed by atoms with E-state index in [2.05, 4.69) is 49.9 Å². The van der Waals surface area contributed by atoms with Crippen LogP contribution in [0, 0.1) is 23.3 Å².